The molecule has 0 aliphatic carbocycles. The summed E-state index contributed by atoms with van der Waals surface area (Å²) in [5, 5.41) is 57.0. The number of aromatic hydroxyl groups is 2. The number of terminal acetylenes is 1. The summed E-state index contributed by atoms with van der Waals surface area (Å²) in [7, 11) is 2.74. The first-order valence-electron chi connectivity index (χ1n) is 46.0. The van der Waals surface area contributed by atoms with E-state index in [0.29, 0.717) is 27.8 Å². The summed E-state index contributed by atoms with van der Waals surface area (Å²) in [5.41, 5.74) is 11.2. The summed E-state index contributed by atoms with van der Waals surface area (Å²) < 4.78 is 35.0. The summed E-state index contributed by atoms with van der Waals surface area (Å²) in [6.07, 6.45) is 18.3. The zero-order chi connectivity index (χ0) is 98.8. The van der Waals surface area contributed by atoms with Crippen LogP contribution in [0.2, 0.25) is 0 Å². The Kier molecular flexibility index (Phi) is 32.2. The molecule has 15 nitrogen and oxygen atoms in total. The molecule has 3 heterocycles. The molecule has 0 spiro atoms. The highest BCUT2D eigenvalue weighted by Gasteiger charge is 2.41. The number of carbonyl (C=O) groups is 4. The van der Waals surface area contributed by atoms with E-state index < -0.39 is 28.4 Å². The molecular weight excluding hydrogens is 1740 g/mol. The van der Waals surface area contributed by atoms with Crippen molar-refractivity contribution in [2.24, 2.45) is 0 Å². The van der Waals surface area contributed by atoms with E-state index in [4.69, 9.17) is 35.2 Å². The Hall–Kier alpha value is -17.4. The normalized spacial score (nSPS) is 12.6. The monoisotopic (exact) mass is 1850 g/mol. The molecule has 5 N–H and O–H groups in total. The molecule has 3 aliphatic rings. The maximum Gasteiger partial charge on any atom is 0.337 e. The molecule has 18 aromatic rings. The van der Waals surface area contributed by atoms with Gasteiger partial charge in [0.1, 0.15) is 35.4 Å². The highest BCUT2D eigenvalue weighted by molar-refractivity contribution is 6.01. The van der Waals surface area contributed by atoms with Crippen LogP contribution in [-0.4, -0.2) is 63.6 Å². The molecule has 0 saturated heterocycles. The molecule has 15 heteroatoms. The van der Waals surface area contributed by atoms with Crippen molar-refractivity contribution >= 4 is 96.0 Å². The largest absolute Gasteiger partial charge is 0.508 e. The predicted octanol–water partition coefficient (Wildman–Crippen LogP) is 27.6. The lowest BCUT2D eigenvalue weighted by molar-refractivity contribution is -0.140. The number of phenolic OH excluding ortho intramolecular Hbond substituents is 2. The number of rotatable bonds is 15. The van der Waals surface area contributed by atoms with Gasteiger partial charge in [-0.25, -0.2) is 19.2 Å². The summed E-state index contributed by atoms with van der Waals surface area (Å²) in [4.78, 5) is 45.5. The predicted molar refractivity (Wildman–Crippen MR) is 561 cm³/mol. The average Bonchev–Trinajstić information content (AvgIpc) is 0.747. The van der Waals surface area contributed by atoms with Crippen LogP contribution < -0.4 is 14.2 Å². The van der Waals surface area contributed by atoms with E-state index in [1.807, 2.05) is 258 Å². The molecule has 18 aromatic carbocycles. The number of carboxylic acid groups (broad SMARTS) is 1. The zero-order valence-electron chi connectivity index (χ0n) is 78.7. The van der Waals surface area contributed by atoms with Crippen LogP contribution in [0.4, 0.5) is 0 Å². The number of aliphatic hydroxyl groups is 2. The number of carboxylic acids is 1. The van der Waals surface area contributed by atoms with Gasteiger partial charge in [-0.3, -0.25) is 0 Å². The number of fused-ring (bicyclic) bond motifs is 11. The SMILES string of the molecule is C#CC(O)(c1ccccc1)c1ccccc1.C=C(C)C(=O)OCc1ccc2c3c(ccc2c1)OC(c1ccccc1)(c1ccccc1)C=C3.CC.CC.COC(=O)c1ccc2c3c(ccc2c1)OC(c1ccccc1)(c1ccccc1)C=C3.COC(=O)c1ccc2cc(O)ccc2c1.O=C(O)c1ccc2cc(O)ccc2c1.OCc1ccc2c3c(ccc2c1)OC(c1ccccc1)(c1ccccc1)C=C3. The summed E-state index contributed by atoms with van der Waals surface area (Å²) >= 11 is 0. The fourth-order valence-electron chi connectivity index (χ4n) is 16.9. The van der Waals surface area contributed by atoms with E-state index in [9.17, 15) is 39.6 Å². The van der Waals surface area contributed by atoms with Gasteiger partial charge in [0, 0.05) is 66.8 Å². The second-order valence-electron chi connectivity index (χ2n) is 32.6. The molecular formula is C125H106O15. The molecule has 696 valence electrons. The van der Waals surface area contributed by atoms with Crippen LogP contribution in [0.3, 0.4) is 0 Å². The number of aliphatic hydroxyl groups excluding tert-OH is 1. The molecule has 0 saturated carbocycles. The molecule has 0 unspecified atom stereocenters. The molecule has 3 aliphatic heterocycles. The molecule has 0 aromatic heterocycles. The lowest BCUT2D eigenvalue weighted by Crippen LogP contribution is -2.34. The minimum atomic E-state index is -1.34. The van der Waals surface area contributed by atoms with Crippen LogP contribution in [0.1, 0.15) is 138 Å². The smallest absolute Gasteiger partial charge is 0.337 e. The van der Waals surface area contributed by atoms with Gasteiger partial charge in [0.25, 0.3) is 0 Å². The Balaban J connectivity index is 0.000000137. The van der Waals surface area contributed by atoms with Gasteiger partial charge in [-0.1, -0.05) is 356 Å². The Labute approximate surface area is 815 Å². The van der Waals surface area contributed by atoms with E-state index in [-0.39, 0.29) is 48.2 Å². The number of carbonyl (C=O) groups excluding carboxylic acids is 3. The summed E-state index contributed by atoms with van der Waals surface area (Å²) in [5.74, 6) is 3.35. The zero-order valence-corrected chi connectivity index (χ0v) is 78.7. The summed E-state index contributed by atoms with van der Waals surface area (Å²) in [6.45, 7) is 13.5. The Bertz CT molecular complexity index is 7390. The highest BCUT2D eigenvalue weighted by atomic mass is 16.5. The van der Waals surface area contributed by atoms with Crippen molar-refractivity contribution in [2.45, 2.75) is 70.2 Å². The van der Waals surface area contributed by atoms with Crippen LogP contribution in [0.15, 0.2) is 437 Å². The van der Waals surface area contributed by atoms with Crippen molar-refractivity contribution < 1.29 is 73.1 Å². The maximum atomic E-state index is 11.9. The van der Waals surface area contributed by atoms with Crippen LogP contribution in [-0.2, 0) is 54.6 Å². The van der Waals surface area contributed by atoms with E-state index in [1.54, 1.807) is 73.7 Å². The number of ether oxygens (including phenoxy) is 6. The molecule has 0 bridgehead atoms. The van der Waals surface area contributed by atoms with Crippen LogP contribution in [0.5, 0.6) is 28.7 Å². The van der Waals surface area contributed by atoms with Crippen molar-refractivity contribution in [3.05, 3.63) is 526 Å². The van der Waals surface area contributed by atoms with E-state index in [2.05, 4.69) is 151 Å². The van der Waals surface area contributed by atoms with Gasteiger partial charge in [0.05, 0.1) is 37.5 Å². The van der Waals surface area contributed by atoms with Crippen molar-refractivity contribution in [2.75, 3.05) is 14.2 Å². The molecule has 0 amide bonds. The van der Waals surface area contributed by atoms with Gasteiger partial charge in [0.15, 0.2) is 22.4 Å². The second-order valence-corrected chi connectivity index (χ2v) is 32.6. The van der Waals surface area contributed by atoms with Crippen molar-refractivity contribution in [3.63, 3.8) is 0 Å². The average molecular weight is 1850 g/mol. The van der Waals surface area contributed by atoms with Gasteiger partial charge >= 0.3 is 23.9 Å². The first-order chi connectivity index (χ1) is 68.2. The first kappa shape index (κ1) is 98.6. The molecule has 0 atom stereocenters. The third kappa shape index (κ3) is 22.1. The van der Waals surface area contributed by atoms with Crippen LogP contribution >= 0.6 is 0 Å². The second kappa shape index (κ2) is 45.7. The number of methoxy groups -OCH3 is 2. The number of hydrogen-bond acceptors (Lipinski definition) is 14. The van der Waals surface area contributed by atoms with Gasteiger partial charge in [-0.2, -0.15) is 0 Å². The Morgan fingerprint density at radius 2 is 0.636 bits per heavy atom. The number of aromatic carboxylic acids is 1. The third-order valence-electron chi connectivity index (χ3n) is 23.9. The lowest BCUT2D eigenvalue weighted by atomic mass is 9.83. The minimum absolute atomic E-state index is 0.0461. The van der Waals surface area contributed by atoms with E-state index >= 15 is 0 Å². The third-order valence-corrected chi connectivity index (χ3v) is 23.9. The lowest BCUT2D eigenvalue weighted by Gasteiger charge is -2.36. The molecule has 0 radical (unpaired) electrons. The van der Waals surface area contributed by atoms with Gasteiger partial charge < -0.3 is 54.0 Å². The molecule has 140 heavy (non-hydrogen) atoms. The molecule has 0 fully saturated rings. The minimum Gasteiger partial charge on any atom is -0.508 e. The van der Waals surface area contributed by atoms with Gasteiger partial charge in [-0.05, 0) is 199 Å². The van der Waals surface area contributed by atoms with Gasteiger partial charge in [0.2, 0.25) is 0 Å². The molecule has 21 rings (SSSR count). The van der Waals surface area contributed by atoms with Crippen LogP contribution in [0, 0.1) is 12.3 Å². The highest BCUT2D eigenvalue weighted by Crippen LogP contribution is 2.49. The number of phenols is 2. The van der Waals surface area contributed by atoms with Crippen LogP contribution in [0.25, 0.3) is 72.1 Å². The fraction of sp³-hybridized carbons (Fsp3) is 0.104. The number of benzene rings is 18. The van der Waals surface area contributed by atoms with Crippen molar-refractivity contribution in [3.8, 4) is 41.1 Å². The maximum absolute atomic E-state index is 11.9. The van der Waals surface area contributed by atoms with Crippen molar-refractivity contribution in [1.29, 1.82) is 0 Å². The Morgan fingerprint density at radius 3 is 0.964 bits per heavy atom. The first-order valence-corrected chi connectivity index (χ1v) is 46.0. The topological polar surface area (TPSA) is 225 Å². The van der Waals surface area contributed by atoms with Crippen molar-refractivity contribution in [1.82, 2.24) is 0 Å². The van der Waals surface area contributed by atoms with E-state index in [1.165, 1.54) is 26.4 Å². The fourth-order valence-corrected chi connectivity index (χ4v) is 16.9. The standard InChI is InChI=1S/C30H24O3.C27H20O3.C26H20O2.C15H12O.C12H10O3.C11H8O3.2C2H6/c1-21(2)29(31)32-20-22-13-15-26-23(19-22)14-16-28-27(26)17-18-30(33-28,24-9-5-3-6-10-24)25-11-7-4-8-12-25;1-29-26(28)20-12-14-23-19(18-20)13-15-25-24(23)16-17-27(30-25,21-8-4-2-5-9-21)22-10-6-3-7-11-22;27-18-19-11-13-23-20(17-19)12-14-25-24(23)15-16-26(28-25,21-7-3-1-4-8-21)22-9-5-2-6-10-22;1-2-15(16,13-9-5-3-6-10-13)14-11-7-4-8-12-14;1-15-12(14)10-3-2-9-7-11(13)5-4-8(9)6-10;12-10-4-3-7-5-9(11(13)14)2-1-8(7)6-10;2*1-2/h3-19H,1,20H2,2H3;2-18H,1H3;1-17,27H,18H2;1,3-12,16H;2-7,13H,1H3;1-6,12H,(H,13,14);2*1-2H3. The Morgan fingerprint density at radius 1 is 0.357 bits per heavy atom. The van der Waals surface area contributed by atoms with E-state index in [0.717, 1.165) is 132 Å². The number of esters is 3. The van der Waals surface area contributed by atoms with Gasteiger partial charge in [-0.15, -0.1) is 6.42 Å². The quantitative estimate of drug-likeness (QED) is 0.0279. The summed E-state index contributed by atoms with van der Waals surface area (Å²) in [6, 6.07) is 130. The number of hydrogen-bond donors (Lipinski definition) is 5.